The van der Waals surface area contributed by atoms with Gasteiger partial charge in [-0.1, -0.05) is 6.07 Å². The van der Waals surface area contributed by atoms with Crippen LogP contribution in [0.2, 0.25) is 0 Å². The minimum absolute atomic E-state index is 0.155. The second kappa shape index (κ2) is 6.37. The maximum atomic E-state index is 5.48. The van der Waals surface area contributed by atoms with Crippen LogP contribution in [0.1, 0.15) is 11.1 Å². The lowest BCUT2D eigenvalue weighted by Crippen LogP contribution is -2.27. The maximum absolute atomic E-state index is 5.48. The molecular formula is C15H24N2O2. The fraction of sp³-hybridized carbons (Fsp3) is 0.600. The number of ether oxygens (including phenoxy) is 2. The molecule has 0 radical (unpaired) electrons. The van der Waals surface area contributed by atoms with Crippen molar-refractivity contribution in [3.8, 4) is 0 Å². The molecule has 4 nitrogen and oxygen atoms in total. The molecule has 2 rings (SSSR count). The number of hydrogen-bond donors (Lipinski definition) is 1. The predicted molar refractivity (Wildman–Crippen MR) is 77.7 cm³/mol. The Morgan fingerprint density at radius 2 is 1.84 bits per heavy atom. The molecule has 1 aromatic rings. The second-order valence-corrected chi connectivity index (χ2v) is 5.09. The summed E-state index contributed by atoms with van der Waals surface area (Å²) in [7, 11) is 5.48. The van der Waals surface area contributed by atoms with Crippen molar-refractivity contribution < 1.29 is 9.47 Å². The van der Waals surface area contributed by atoms with Crippen molar-refractivity contribution in [3.63, 3.8) is 0 Å². The van der Waals surface area contributed by atoms with E-state index in [1.807, 2.05) is 7.05 Å². The normalized spacial score (nSPS) is 23.1. The number of hydrogen-bond acceptors (Lipinski definition) is 4. The fourth-order valence-corrected chi connectivity index (χ4v) is 2.67. The van der Waals surface area contributed by atoms with Gasteiger partial charge < -0.3 is 19.7 Å². The summed E-state index contributed by atoms with van der Waals surface area (Å²) in [6, 6.07) is 6.63. The lowest BCUT2D eigenvalue weighted by atomic mass is 10.1. The van der Waals surface area contributed by atoms with Crippen LogP contribution in [0.4, 0.5) is 5.69 Å². The zero-order chi connectivity index (χ0) is 13.8. The lowest BCUT2D eigenvalue weighted by Gasteiger charge is -2.19. The van der Waals surface area contributed by atoms with Crippen molar-refractivity contribution in [1.29, 1.82) is 0 Å². The number of aryl methyl sites for hydroxylation is 1. The van der Waals surface area contributed by atoms with Crippen molar-refractivity contribution in [2.24, 2.45) is 0 Å². The standard InChI is InChI=1S/C15H24N2O2/c1-11-7-13(6-5-12(11)8-16-2)17-9-14(18-3)15(10-17)19-4/h5-7,14-16H,8-10H2,1-4H3. The van der Waals surface area contributed by atoms with Crippen molar-refractivity contribution in [1.82, 2.24) is 5.32 Å². The van der Waals surface area contributed by atoms with E-state index >= 15 is 0 Å². The number of rotatable bonds is 5. The van der Waals surface area contributed by atoms with Gasteiger partial charge in [-0.05, 0) is 37.2 Å². The van der Waals surface area contributed by atoms with Gasteiger partial charge in [-0.2, -0.15) is 0 Å². The van der Waals surface area contributed by atoms with E-state index in [1.165, 1.54) is 16.8 Å². The third-order valence-electron chi connectivity index (χ3n) is 3.88. The summed E-state index contributed by atoms with van der Waals surface area (Å²) in [5.41, 5.74) is 3.91. The highest BCUT2D eigenvalue weighted by Crippen LogP contribution is 2.25. The molecule has 0 amide bonds. The summed E-state index contributed by atoms with van der Waals surface area (Å²) < 4.78 is 11.0. The van der Waals surface area contributed by atoms with Crippen LogP contribution in [0, 0.1) is 6.92 Å². The van der Waals surface area contributed by atoms with E-state index in [-0.39, 0.29) is 12.2 Å². The van der Waals surface area contributed by atoms with Crippen molar-refractivity contribution in [2.45, 2.75) is 25.7 Å². The maximum Gasteiger partial charge on any atom is 0.102 e. The van der Waals surface area contributed by atoms with E-state index < -0.39 is 0 Å². The van der Waals surface area contributed by atoms with Gasteiger partial charge in [0.2, 0.25) is 0 Å². The first-order chi connectivity index (χ1) is 9.19. The zero-order valence-electron chi connectivity index (χ0n) is 12.3. The molecule has 1 saturated heterocycles. The predicted octanol–water partition coefficient (Wildman–Crippen LogP) is 1.56. The molecule has 19 heavy (non-hydrogen) atoms. The zero-order valence-corrected chi connectivity index (χ0v) is 12.3. The SMILES string of the molecule is CNCc1ccc(N2CC(OC)C(OC)C2)cc1C. The molecule has 0 aromatic heterocycles. The van der Waals surface area contributed by atoms with Gasteiger partial charge in [0, 0.05) is 39.5 Å². The molecule has 1 aromatic carbocycles. The van der Waals surface area contributed by atoms with E-state index in [1.54, 1.807) is 14.2 Å². The molecule has 2 unspecified atom stereocenters. The molecule has 0 saturated carbocycles. The van der Waals surface area contributed by atoms with E-state index in [4.69, 9.17) is 9.47 Å². The number of nitrogens with one attached hydrogen (secondary N) is 1. The molecule has 1 aliphatic heterocycles. The summed E-state index contributed by atoms with van der Waals surface area (Å²) in [5, 5.41) is 3.19. The Balaban J connectivity index is 2.13. The monoisotopic (exact) mass is 264 g/mol. The molecule has 106 valence electrons. The second-order valence-electron chi connectivity index (χ2n) is 5.09. The summed E-state index contributed by atoms with van der Waals surface area (Å²) in [5.74, 6) is 0. The van der Waals surface area contributed by atoms with Crippen molar-refractivity contribution in [2.75, 3.05) is 39.3 Å². The van der Waals surface area contributed by atoms with Gasteiger partial charge >= 0.3 is 0 Å². The Hall–Kier alpha value is -1.10. The minimum atomic E-state index is 0.155. The average Bonchev–Trinajstić information content (AvgIpc) is 2.84. The van der Waals surface area contributed by atoms with Crippen LogP contribution in [0.5, 0.6) is 0 Å². The van der Waals surface area contributed by atoms with Crippen LogP contribution in [-0.4, -0.2) is 46.6 Å². The molecule has 0 aliphatic carbocycles. The Morgan fingerprint density at radius 1 is 1.21 bits per heavy atom. The summed E-state index contributed by atoms with van der Waals surface area (Å²) in [6.45, 7) is 4.85. The van der Waals surface area contributed by atoms with Gasteiger partial charge in [0.1, 0.15) is 12.2 Å². The molecular weight excluding hydrogens is 240 g/mol. The highest BCUT2D eigenvalue weighted by atomic mass is 16.5. The van der Waals surface area contributed by atoms with Crippen molar-refractivity contribution >= 4 is 5.69 Å². The lowest BCUT2D eigenvalue weighted by molar-refractivity contribution is -0.00461. The van der Waals surface area contributed by atoms with Gasteiger partial charge in [-0.3, -0.25) is 0 Å². The highest BCUT2D eigenvalue weighted by molar-refractivity contribution is 5.52. The average molecular weight is 264 g/mol. The van der Waals surface area contributed by atoms with Gasteiger partial charge in [0.25, 0.3) is 0 Å². The van der Waals surface area contributed by atoms with Crippen LogP contribution >= 0.6 is 0 Å². The number of benzene rings is 1. The largest absolute Gasteiger partial charge is 0.377 e. The van der Waals surface area contributed by atoms with E-state index in [0.717, 1.165) is 19.6 Å². The highest BCUT2D eigenvalue weighted by Gasteiger charge is 2.33. The van der Waals surface area contributed by atoms with Gasteiger partial charge in [-0.15, -0.1) is 0 Å². The molecule has 0 bridgehead atoms. The number of nitrogens with zero attached hydrogens (tertiary/aromatic N) is 1. The topological polar surface area (TPSA) is 33.7 Å². The third-order valence-corrected chi connectivity index (χ3v) is 3.88. The quantitative estimate of drug-likeness (QED) is 0.875. The Morgan fingerprint density at radius 3 is 2.32 bits per heavy atom. The van der Waals surface area contributed by atoms with Gasteiger partial charge in [-0.25, -0.2) is 0 Å². The first-order valence-electron chi connectivity index (χ1n) is 6.74. The molecule has 0 spiro atoms. The van der Waals surface area contributed by atoms with Gasteiger partial charge in [0.15, 0.2) is 0 Å². The number of anilines is 1. The van der Waals surface area contributed by atoms with E-state index in [9.17, 15) is 0 Å². The van der Waals surface area contributed by atoms with E-state index in [2.05, 4.69) is 35.3 Å². The molecule has 1 heterocycles. The molecule has 1 fully saturated rings. The fourth-order valence-electron chi connectivity index (χ4n) is 2.67. The summed E-state index contributed by atoms with van der Waals surface area (Å²) in [6.07, 6.45) is 0.310. The smallest absolute Gasteiger partial charge is 0.102 e. The molecule has 2 atom stereocenters. The Kier molecular flexibility index (Phi) is 4.80. The van der Waals surface area contributed by atoms with E-state index in [0.29, 0.717) is 0 Å². The Labute approximate surface area is 115 Å². The van der Waals surface area contributed by atoms with Crippen LogP contribution < -0.4 is 10.2 Å². The van der Waals surface area contributed by atoms with Crippen LogP contribution in [0.25, 0.3) is 0 Å². The summed E-state index contributed by atoms with van der Waals surface area (Å²) in [4.78, 5) is 2.33. The van der Waals surface area contributed by atoms with Crippen molar-refractivity contribution in [3.05, 3.63) is 29.3 Å². The summed E-state index contributed by atoms with van der Waals surface area (Å²) >= 11 is 0. The molecule has 1 aliphatic rings. The minimum Gasteiger partial charge on any atom is -0.377 e. The first-order valence-corrected chi connectivity index (χ1v) is 6.74. The number of methoxy groups -OCH3 is 2. The van der Waals surface area contributed by atoms with Gasteiger partial charge in [0.05, 0.1) is 0 Å². The first kappa shape index (κ1) is 14.3. The molecule has 4 heteroatoms. The molecule has 1 N–H and O–H groups in total. The van der Waals surface area contributed by atoms with Crippen LogP contribution in [-0.2, 0) is 16.0 Å². The third kappa shape index (κ3) is 3.08. The van der Waals surface area contributed by atoms with Crippen LogP contribution in [0.3, 0.4) is 0 Å². The Bertz CT molecular complexity index is 411. The van der Waals surface area contributed by atoms with Crippen LogP contribution in [0.15, 0.2) is 18.2 Å².